The quantitative estimate of drug-likeness (QED) is 0.872. The van der Waals surface area contributed by atoms with Crippen molar-refractivity contribution in [3.8, 4) is 0 Å². The molecule has 23 heavy (non-hydrogen) atoms. The van der Waals surface area contributed by atoms with Crippen LogP contribution in [0.15, 0.2) is 23.0 Å². The highest BCUT2D eigenvalue weighted by Crippen LogP contribution is 2.20. The molecule has 0 aliphatic carbocycles. The summed E-state index contributed by atoms with van der Waals surface area (Å²) in [5, 5.41) is -0.603. The van der Waals surface area contributed by atoms with Crippen molar-refractivity contribution < 1.29 is 22.4 Å². The molecule has 2 amide bonds. The van der Waals surface area contributed by atoms with Gasteiger partial charge in [-0.3, -0.25) is 14.3 Å². The minimum atomic E-state index is -3.62. The van der Waals surface area contributed by atoms with Crippen LogP contribution in [-0.4, -0.2) is 43.5 Å². The van der Waals surface area contributed by atoms with Gasteiger partial charge in [-0.2, -0.15) is 0 Å². The van der Waals surface area contributed by atoms with Gasteiger partial charge in [-0.25, -0.2) is 8.42 Å². The Morgan fingerprint density at radius 2 is 2.04 bits per heavy atom. The molecule has 1 saturated heterocycles. The molecule has 2 heterocycles. The molecular formula is C15H22N2O5S. The maximum atomic E-state index is 12.2. The van der Waals surface area contributed by atoms with E-state index in [1.807, 2.05) is 0 Å². The maximum absolute atomic E-state index is 12.2. The highest BCUT2D eigenvalue weighted by atomic mass is 32.2. The van der Waals surface area contributed by atoms with E-state index in [1.165, 1.54) is 12.5 Å². The third kappa shape index (κ3) is 4.13. The molecule has 0 unspecified atom stereocenters. The predicted molar refractivity (Wildman–Crippen MR) is 84.2 cm³/mol. The normalized spacial score (nSPS) is 17.7. The molecule has 1 aliphatic rings. The second kappa shape index (κ2) is 7.16. The zero-order chi connectivity index (χ0) is 17.0. The number of nitrogens with one attached hydrogen (secondary N) is 1. The van der Waals surface area contributed by atoms with Gasteiger partial charge in [0.2, 0.25) is 15.9 Å². The zero-order valence-electron chi connectivity index (χ0n) is 13.3. The number of sulfonamides is 1. The summed E-state index contributed by atoms with van der Waals surface area (Å²) < 4.78 is 30.9. The number of furan rings is 1. The van der Waals surface area contributed by atoms with Crippen molar-refractivity contribution in [1.82, 2.24) is 9.62 Å². The van der Waals surface area contributed by atoms with Gasteiger partial charge in [-0.15, -0.1) is 0 Å². The Morgan fingerprint density at radius 3 is 2.57 bits per heavy atom. The number of nitrogens with zero attached hydrogens (tertiary/aromatic N) is 1. The number of likely N-dealkylation sites (tertiary alicyclic amines) is 1. The first-order valence-electron chi connectivity index (χ1n) is 7.72. The van der Waals surface area contributed by atoms with E-state index in [1.54, 1.807) is 24.8 Å². The van der Waals surface area contributed by atoms with Gasteiger partial charge in [0.15, 0.2) is 0 Å². The molecule has 1 fully saturated rings. The number of hydrogen-bond acceptors (Lipinski definition) is 5. The van der Waals surface area contributed by atoms with Crippen LogP contribution in [-0.2, 0) is 14.8 Å². The molecule has 1 N–H and O–H groups in total. The molecule has 1 aromatic heterocycles. The van der Waals surface area contributed by atoms with Crippen LogP contribution in [0.4, 0.5) is 0 Å². The van der Waals surface area contributed by atoms with Crippen molar-refractivity contribution in [3.63, 3.8) is 0 Å². The molecule has 7 nitrogen and oxygen atoms in total. The van der Waals surface area contributed by atoms with Crippen molar-refractivity contribution in [2.75, 3.05) is 13.1 Å². The highest BCUT2D eigenvalue weighted by Gasteiger charge is 2.31. The molecule has 1 aliphatic heterocycles. The minimum Gasteiger partial charge on any atom is -0.472 e. The van der Waals surface area contributed by atoms with Crippen molar-refractivity contribution >= 4 is 21.8 Å². The van der Waals surface area contributed by atoms with E-state index < -0.39 is 21.2 Å². The molecule has 8 heteroatoms. The van der Waals surface area contributed by atoms with Gasteiger partial charge in [0.05, 0.1) is 17.1 Å². The van der Waals surface area contributed by atoms with Crippen LogP contribution in [0.2, 0.25) is 0 Å². The van der Waals surface area contributed by atoms with Crippen LogP contribution < -0.4 is 4.72 Å². The Morgan fingerprint density at radius 1 is 1.39 bits per heavy atom. The average molecular weight is 342 g/mol. The third-order valence-corrected chi connectivity index (χ3v) is 6.15. The zero-order valence-corrected chi connectivity index (χ0v) is 14.1. The van der Waals surface area contributed by atoms with Crippen molar-refractivity contribution in [2.24, 2.45) is 5.92 Å². The van der Waals surface area contributed by atoms with E-state index in [2.05, 4.69) is 4.72 Å². The van der Waals surface area contributed by atoms with E-state index in [0.717, 1.165) is 0 Å². The summed E-state index contributed by atoms with van der Waals surface area (Å²) in [7, 11) is -3.62. The summed E-state index contributed by atoms with van der Waals surface area (Å²) in [6.07, 6.45) is 4.17. The largest absolute Gasteiger partial charge is 0.472 e. The molecular weight excluding hydrogens is 320 g/mol. The number of carbonyl (C=O) groups is 2. The van der Waals surface area contributed by atoms with Gasteiger partial charge >= 0.3 is 0 Å². The van der Waals surface area contributed by atoms with E-state index in [-0.39, 0.29) is 11.8 Å². The van der Waals surface area contributed by atoms with Crippen LogP contribution in [0.25, 0.3) is 0 Å². The monoisotopic (exact) mass is 342 g/mol. The van der Waals surface area contributed by atoms with Gasteiger partial charge in [0.1, 0.15) is 6.26 Å². The van der Waals surface area contributed by atoms with Gasteiger partial charge in [-0.1, -0.05) is 6.92 Å². The first-order valence-corrected chi connectivity index (χ1v) is 9.26. The standard InChI is InChI=1S/C15H22N2O5S/c1-3-11(2)23(20,21)16-14(18)12-4-7-17(8-5-12)15(19)13-6-9-22-10-13/h6,9-12H,3-5,7-8H2,1-2H3,(H,16,18)/t11-/m1/s1. The van der Waals surface area contributed by atoms with Gasteiger partial charge in [0, 0.05) is 19.0 Å². The summed E-state index contributed by atoms with van der Waals surface area (Å²) >= 11 is 0. The van der Waals surface area contributed by atoms with Gasteiger partial charge < -0.3 is 9.32 Å². The molecule has 128 valence electrons. The van der Waals surface area contributed by atoms with Crippen LogP contribution in [0.3, 0.4) is 0 Å². The highest BCUT2D eigenvalue weighted by molar-refractivity contribution is 7.90. The Kier molecular flexibility index (Phi) is 5.46. The summed E-state index contributed by atoms with van der Waals surface area (Å²) in [6.45, 7) is 4.17. The minimum absolute atomic E-state index is 0.134. The lowest BCUT2D eigenvalue weighted by molar-refractivity contribution is -0.124. The van der Waals surface area contributed by atoms with E-state index in [0.29, 0.717) is 37.9 Å². The summed E-state index contributed by atoms with van der Waals surface area (Å²) in [4.78, 5) is 25.9. The Bertz CT molecular complexity index is 645. The molecule has 0 saturated carbocycles. The van der Waals surface area contributed by atoms with E-state index in [4.69, 9.17) is 4.42 Å². The maximum Gasteiger partial charge on any atom is 0.257 e. The first kappa shape index (κ1) is 17.5. The summed E-state index contributed by atoms with van der Waals surface area (Å²) in [5.41, 5.74) is 0.479. The smallest absolute Gasteiger partial charge is 0.257 e. The van der Waals surface area contributed by atoms with E-state index >= 15 is 0 Å². The average Bonchev–Trinajstić information content (AvgIpc) is 3.07. The van der Waals surface area contributed by atoms with Crippen molar-refractivity contribution in [2.45, 2.75) is 38.4 Å². The lowest BCUT2D eigenvalue weighted by atomic mass is 9.96. The Balaban J connectivity index is 1.89. The molecule has 0 aromatic carbocycles. The molecule has 0 radical (unpaired) electrons. The lowest BCUT2D eigenvalue weighted by Gasteiger charge is -2.31. The summed E-state index contributed by atoms with van der Waals surface area (Å²) in [5.74, 6) is -0.993. The molecule has 2 rings (SSSR count). The van der Waals surface area contributed by atoms with E-state index in [9.17, 15) is 18.0 Å². The second-order valence-electron chi connectivity index (χ2n) is 5.81. The van der Waals surface area contributed by atoms with Crippen molar-refractivity contribution in [1.29, 1.82) is 0 Å². The fraction of sp³-hybridized carbons (Fsp3) is 0.600. The Hall–Kier alpha value is -1.83. The molecule has 1 atom stereocenters. The van der Waals surface area contributed by atoms with Crippen LogP contribution in [0, 0.1) is 5.92 Å². The number of amides is 2. The SMILES string of the molecule is CC[C@@H](C)S(=O)(=O)NC(=O)C1CCN(C(=O)c2ccoc2)CC1. The third-order valence-electron chi connectivity index (χ3n) is 4.27. The van der Waals surface area contributed by atoms with Crippen LogP contribution in [0.5, 0.6) is 0 Å². The summed E-state index contributed by atoms with van der Waals surface area (Å²) in [6, 6.07) is 1.60. The lowest BCUT2D eigenvalue weighted by Crippen LogP contribution is -2.45. The van der Waals surface area contributed by atoms with Crippen LogP contribution >= 0.6 is 0 Å². The molecule has 0 spiro atoms. The number of carbonyl (C=O) groups excluding carboxylic acids is 2. The fourth-order valence-electron chi connectivity index (χ4n) is 2.46. The number of piperidine rings is 1. The fourth-order valence-corrected chi connectivity index (χ4v) is 3.54. The van der Waals surface area contributed by atoms with Gasteiger partial charge in [-0.05, 0) is 32.3 Å². The second-order valence-corrected chi connectivity index (χ2v) is 7.91. The predicted octanol–water partition coefficient (Wildman–Crippen LogP) is 1.38. The first-order chi connectivity index (χ1) is 10.8. The molecule has 1 aromatic rings. The molecule has 0 bridgehead atoms. The number of rotatable bonds is 5. The number of hydrogen-bond donors (Lipinski definition) is 1. The topological polar surface area (TPSA) is 96.7 Å². The van der Waals surface area contributed by atoms with Crippen molar-refractivity contribution in [3.05, 3.63) is 24.2 Å². The van der Waals surface area contributed by atoms with Crippen LogP contribution in [0.1, 0.15) is 43.5 Å². The van der Waals surface area contributed by atoms with Gasteiger partial charge in [0.25, 0.3) is 5.91 Å². The Labute approximate surface area is 136 Å².